The quantitative estimate of drug-likeness (QED) is 0.414. The van der Waals surface area contributed by atoms with Crippen molar-refractivity contribution in [3.05, 3.63) is 47.5 Å². The number of aliphatic hydroxyl groups is 1. The number of nitrogens with one attached hydrogen (secondary N) is 3. The number of rotatable bonds is 6. The van der Waals surface area contributed by atoms with Gasteiger partial charge in [0.2, 0.25) is 5.95 Å². The lowest BCUT2D eigenvalue weighted by Crippen LogP contribution is -2.40. The Morgan fingerprint density at radius 3 is 2.47 bits per heavy atom. The molecule has 8 nitrogen and oxygen atoms in total. The van der Waals surface area contributed by atoms with Crippen LogP contribution in [-0.2, 0) is 0 Å². The van der Waals surface area contributed by atoms with Crippen molar-refractivity contribution >= 4 is 28.6 Å². The van der Waals surface area contributed by atoms with Crippen molar-refractivity contribution < 1.29 is 36.3 Å². The first-order valence-corrected chi connectivity index (χ1v) is 9.21. The van der Waals surface area contributed by atoms with E-state index in [1.807, 2.05) is 0 Å². The summed E-state index contributed by atoms with van der Waals surface area (Å²) in [5.74, 6) is -2.79. The van der Waals surface area contributed by atoms with Gasteiger partial charge in [0, 0.05) is 23.1 Å². The molecule has 0 radical (unpaired) electrons. The number of aliphatic hydroxyl groups excluding tert-OH is 1. The Kier molecular flexibility index (Phi) is 6.48. The molecule has 2 aromatic heterocycles. The third kappa shape index (κ3) is 5.04. The van der Waals surface area contributed by atoms with Crippen LogP contribution in [0.2, 0.25) is 0 Å². The summed E-state index contributed by atoms with van der Waals surface area (Å²) >= 11 is 0. The maximum atomic E-state index is 13.9. The lowest BCUT2D eigenvalue weighted by atomic mass is 10.1. The number of carbonyl (C=O) groups is 1. The Balaban J connectivity index is 1.81. The molecule has 0 spiro atoms. The highest BCUT2D eigenvalue weighted by Crippen LogP contribution is 2.39. The van der Waals surface area contributed by atoms with Crippen LogP contribution in [0.4, 0.5) is 38.4 Å². The van der Waals surface area contributed by atoms with Gasteiger partial charge in [-0.1, -0.05) is 0 Å². The number of carbonyl (C=O) groups excluding carboxylic acids is 1. The van der Waals surface area contributed by atoms with E-state index in [0.29, 0.717) is 6.07 Å². The molecule has 1 unspecified atom stereocenters. The Morgan fingerprint density at radius 1 is 1.22 bits per heavy atom. The molecule has 0 fully saturated rings. The molecule has 2 atom stereocenters. The maximum Gasteiger partial charge on any atom is 0.416 e. The lowest BCUT2D eigenvalue weighted by molar-refractivity contribution is -0.158. The minimum Gasteiger partial charge on any atom is -0.455 e. The zero-order valence-corrected chi connectivity index (χ0v) is 16.7. The Labute approximate surface area is 177 Å². The number of nitrogens with zero attached hydrogens (tertiary/aromatic N) is 2. The summed E-state index contributed by atoms with van der Waals surface area (Å²) < 4.78 is 73.5. The molecule has 3 aromatic rings. The van der Waals surface area contributed by atoms with E-state index in [4.69, 9.17) is 9.52 Å². The monoisotopic (exact) mass is 459 g/mol. The number of alkyl halides is 3. The second-order valence-corrected chi connectivity index (χ2v) is 6.95. The fraction of sp³-hybridized carbons (Fsp3) is 0.316. The second kappa shape index (κ2) is 8.94. The molecule has 172 valence electrons. The number of urea groups is 1. The summed E-state index contributed by atoms with van der Waals surface area (Å²) in [6, 6.07) is -2.90. The molecule has 0 aliphatic heterocycles. The van der Waals surface area contributed by atoms with Crippen LogP contribution in [-0.4, -0.2) is 39.9 Å². The van der Waals surface area contributed by atoms with Crippen LogP contribution in [0.3, 0.4) is 0 Å². The summed E-state index contributed by atoms with van der Waals surface area (Å²) in [7, 11) is 0. The molecule has 2 amide bonds. The van der Waals surface area contributed by atoms with Crippen LogP contribution in [0.5, 0.6) is 0 Å². The van der Waals surface area contributed by atoms with Gasteiger partial charge in [-0.15, -0.1) is 0 Å². The van der Waals surface area contributed by atoms with Gasteiger partial charge in [0.1, 0.15) is 11.6 Å². The number of aromatic nitrogens is 2. The van der Waals surface area contributed by atoms with Crippen LogP contribution in [0.25, 0.3) is 11.0 Å². The van der Waals surface area contributed by atoms with Crippen molar-refractivity contribution in [3.8, 4) is 0 Å². The van der Waals surface area contributed by atoms with E-state index in [2.05, 4.69) is 20.6 Å². The lowest BCUT2D eigenvalue weighted by Gasteiger charge is -2.20. The average molecular weight is 459 g/mol. The van der Waals surface area contributed by atoms with Gasteiger partial charge < -0.3 is 25.5 Å². The summed E-state index contributed by atoms with van der Waals surface area (Å²) in [5.41, 5.74) is -0.734. The van der Waals surface area contributed by atoms with Crippen molar-refractivity contribution in [3.63, 3.8) is 0 Å². The standard InChI is InChI=1S/C19H18F5N5O3/c1-8(7-30)27-17-25-5-11(6-26-17)28-18(31)29-16(19(22,23)24)14-9(2)12-3-10(20)4-13(21)15(12)32-14/h3-6,8,16,30H,7H2,1-2H3,(H,25,26,27)(H2,28,29,31)/t8-,16?/m0/s1. The second-order valence-electron chi connectivity index (χ2n) is 6.95. The molecule has 4 N–H and O–H groups in total. The largest absolute Gasteiger partial charge is 0.455 e. The van der Waals surface area contributed by atoms with E-state index in [0.717, 1.165) is 18.5 Å². The van der Waals surface area contributed by atoms with Gasteiger partial charge in [0.15, 0.2) is 17.4 Å². The van der Waals surface area contributed by atoms with E-state index in [9.17, 15) is 26.7 Å². The molecular weight excluding hydrogens is 441 g/mol. The third-order valence-corrected chi connectivity index (χ3v) is 4.42. The Bertz CT molecular complexity index is 1120. The number of amides is 2. The van der Waals surface area contributed by atoms with Gasteiger partial charge in [-0.3, -0.25) is 0 Å². The molecule has 13 heteroatoms. The topological polar surface area (TPSA) is 112 Å². The number of hydrogen-bond acceptors (Lipinski definition) is 6. The zero-order chi connectivity index (χ0) is 23.6. The van der Waals surface area contributed by atoms with E-state index < -0.39 is 41.2 Å². The molecule has 3 rings (SSSR count). The molecular formula is C19H18F5N5O3. The fourth-order valence-electron chi connectivity index (χ4n) is 2.86. The van der Waals surface area contributed by atoms with E-state index in [-0.39, 0.29) is 35.2 Å². The number of furan rings is 1. The smallest absolute Gasteiger partial charge is 0.416 e. The molecule has 0 saturated carbocycles. The Morgan fingerprint density at radius 2 is 1.88 bits per heavy atom. The SMILES string of the molecule is Cc1c(C(NC(=O)Nc2cnc(N[C@@H](C)CO)nc2)C(F)(F)F)oc2c(F)cc(F)cc12. The molecule has 1 aromatic carbocycles. The molecule has 32 heavy (non-hydrogen) atoms. The maximum absolute atomic E-state index is 13.9. The van der Waals surface area contributed by atoms with Crippen molar-refractivity contribution in [2.75, 3.05) is 17.2 Å². The van der Waals surface area contributed by atoms with Crippen LogP contribution < -0.4 is 16.0 Å². The van der Waals surface area contributed by atoms with Crippen LogP contribution in [0.15, 0.2) is 28.9 Å². The summed E-state index contributed by atoms with van der Waals surface area (Å²) in [5, 5.41) is 15.4. The van der Waals surface area contributed by atoms with Gasteiger partial charge in [0.25, 0.3) is 0 Å². The Hall–Kier alpha value is -3.48. The number of benzene rings is 1. The first-order valence-electron chi connectivity index (χ1n) is 9.21. The van der Waals surface area contributed by atoms with E-state index >= 15 is 0 Å². The van der Waals surface area contributed by atoms with E-state index in [1.165, 1.54) is 6.92 Å². The van der Waals surface area contributed by atoms with Crippen LogP contribution in [0, 0.1) is 18.6 Å². The first kappa shape index (κ1) is 23.2. The van der Waals surface area contributed by atoms with Gasteiger partial charge in [-0.2, -0.15) is 13.2 Å². The highest BCUT2D eigenvalue weighted by molar-refractivity contribution is 5.89. The zero-order valence-electron chi connectivity index (χ0n) is 16.7. The normalized spacial score (nSPS) is 13.6. The summed E-state index contributed by atoms with van der Waals surface area (Å²) in [4.78, 5) is 19.9. The fourth-order valence-corrected chi connectivity index (χ4v) is 2.86. The van der Waals surface area contributed by atoms with Gasteiger partial charge in [-0.25, -0.2) is 23.5 Å². The minimum atomic E-state index is -5.00. The highest BCUT2D eigenvalue weighted by Gasteiger charge is 2.45. The first-order chi connectivity index (χ1) is 15.0. The molecule has 0 bridgehead atoms. The number of anilines is 2. The average Bonchev–Trinajstić information content (AvgIpc) is 3.03. The molecule has 0 saturated heterocycles. The van der Waals surface area contributed by atoms with Gasteiger partial charge in [-0.05, 0) is 19.9 Å². The number of halogens is 5. The molecule has 2 heterocycles. The third-order valence-electron chi connectivity index (χ3n) is 4.42. The van der Waals surface area contributed by atoms with E-state index in [1.54, 1.807) is 12.2 Å². The molecule has 0 aliphatic rings. The van der Waals surface area contributed by atoms with Crippen molar-refractivity contribution in [2.24, 2.45) is 0 Å². The molecule has 0 aliphatic carbocycles. The number of aryl methyl sites for hydroxylation is 1. The van der Waals surface area contributed by atoms with Crippen molar-refractivity contribution in [1.82, 2.24) is 15.3 Å². The predicted molar refractivity (Wildman–Crippen MR) is 104 cm³/mol. The highest BCUT2D eigenvalue weighted by atomic mass is 19.4. The number of hydrogen-bond donors (Lipinski definition) is 4. The van der Waals surface area contributed by atoms with Crippen molar-refractivity contribution in [2.45, 2.75) is 32.1 Å². The van der Waals surface area contributed by atoms with Crippen LogP contribution in [0.1, 0.15) is 24.3 Å². The predicted octanol–water partition coefficient (Wildman–Crippen LogP) is 4.03. The number of fused-ring (bicyclic) bond motifs is 1. The summed E-state index contributed by atoms with van der Waals surface area (Å²) in [6.45, 7) is 2.69. The summed E-state index contributed by atoms with van der Waals surface area (Å²) in [6.07, 6.45) is -2.71. The minimum absolute atomic E-state index is 0.0138. The van der Waals surface area contributed by atoms with Crippen LogP contribution >= 0.6 is 0 Å². The van der Waals surface area contributed by atoms with Crippen molar-refractivity contribution in [1.29, 1.82) is 0 Å². The van der Waals surface area contributed by atoms with Gasteiger partial charge in [0.05, 0.1) is 24.7 Å². The van der Waals surface area contributed by atoms with Gasteiger partial charge >= 0.3 is 12.2 Å².